The first-order chi connectivity index (χ1) is 9.49. The third-order valence-electron chi connectivity index (χ3n) is 2.60. The molecule has 0 bridgehead atoms. The highest BCUT2D eigenvalue weighted by molar-refractivity contribution is 9.10. The van der Waals surface area contributed by atoms with Gasteiger partial charge in [-0.3, -0.25) is 4.79 Å². The van der Waals surface area contributed by atoms with E-state index in [0.29, 0.717) is 21.6 Å². The van der Waals surface area contributed by atoms with Gasteiger partial charge in [0.15, 0.2) is 0 Å². The molecule has 0 saturated carbocycles. The van der Waals surface area contributed by atoms with Gasteiger partial charge in [0.25, 0.3) is 5.91 Å². The van der Waals surface area contributed by atoms with E-state index in [0.717, 1.165) is 6.07 Å². The molecule has 6 heteroatoms. The first kappa shape index (κ1) is 14.3. The van der Waals surface area contributed by atoms with Crippen molar-refractivity contribution in [2.24, 2.45) is 0 Å². The number of anilines is 2. The average Bonchev–Trinajstić information content (AvgIpc) is 2.37. The van der Waals surface area contributed by atoms with E-state index in [-0.39, 0.29) is 5.56 Å². The van der Waals surface area contributed by atoms with E-state index in [1.54, 1.807) is 18.2 Å². The van der Waals surface area contributed by atoms with Gasteiger partial charge in [-0.05, 0) is 36.4 Å². The molecule has 0 aliphatic rings. The van der Waals surface area contributed by atoms with Crippen molar-refractivity contribution in [3.05, 3.63) is 52.3 Å². The highest BCUT2D eigenvalue weighted by atomic mass is 79.9. The maximum atomic E-state index is 13.3. The molecule has 104 valence electrons. The zero-order chi connectivity index (χ0) is 14.7. The van der Waals surface area contributed by atoms with Gasteiger partial charge < -0.3 is 15.8 Å². The highest BCUT2D eigenvalue weighted by Crippen LogP contribution is 2.27. The van der Waals surface area contributed by atoms with Gasteiger partial charge in [-0.25, -0.2) is 4.39 Å². The summed E-state index contributed by atoms with van der Waals surface area (Å²) in [6.45, 7) is 0. The van der Waals surface area contributed by atoms with Crippen molar-refractivity contribution in [3.63, 3.8) is 0 Å². The minimum Gasteiger partial charge on any atom is -0.495 e. The van der Waals surface area contributed by atoms with Gasteiger partial charge in [-0.15, -0.1) is 0 Å². The minimum atomic E-state index is -0.496. The normalized spacial score (nSPS) is 10.2. The van der Waals surface area contributed by atoms with Gasteiger partial charge in [0.1, 0.15) is 11.6 Å². The van der Waals surface area contributed by atoms with Crippen LogP contribution in [0.1, 0.15) is 10.4 Å². The quantitative estimate of drug-likeness (QED) is 0.842. The predicted molar refractivity (Wildman–Crippen MR) is 79.5 cm³/mol. The first-order valence-electron chi connectivity index (χ1n) is 5.70. The molecule has 0 fully saturated rings. The molecule has 0 unspecified atom stereocenters. The second-order valence-electron chi connectivity index (χ2n) is 4.07. The van der Waals surface area contributed by atoms with E-state index < -0.39 is 11.7 Å². The van der Waals surface area contributed by atoms with Crippen LogP contribution in [0.4, 0.5) is 15.8 Å². The number of carbonyl (C=O) groups is 1. The van der Waals surface area contributed by atoms with Gasteiger partial charge in [0.2, 0.25) is 0 Å². The zero-order valence-corrected chi connectivity index (χ0v) is 12.2. The number of methoxy groups -OCH3 is 1. The van der Waals surface area contributed by atoms with Crippen molar-refractivity contribution in [2.75, 3.05) is 18.2 Å². The summed E-state index contributed by atoms with van der Waals surface area (Å²) in [5, 5.41) is 2.64. The van der Waals surface area contributed by atoms with Crippen LogP contribution in [0.5, 0.6) is 5.75 Å². The maximum Gasteiger partial charge on any atom is 0.255 e. The van der Waals surface area contributed by atoms with Crippen LogP contribution in [-0.4, -0.2) is 13.0 Å². The monoisotopic (exact) mass is 338 g/mol. The van der Waals surface area contributed by atoms with Crippen molar-refractivity contribution in [3.8, 4) is 5.75 Å². The van der Waals surface area contributed by atoms with Gasteiger partial charge in [-0.2, -0.15) is 0 Å². The molecule has 0 heterocycles. The van der Waals surface area contributed by atoms with Gasteiger partial charge in [0, 0.05) is 15.7 Å². The number of amides is 1. The lowest BCUT2D eigenvalue weighted by Gasteiger charge is -2.11. The molecular formula is C14H12BrFN2O2. The van der Waals surface area contributed by atoms with Crippen LogP contribution in [0.25, 0.3) is 0 Å². The van der Waals surface area contributed by atoms with Crippen LogP contribution in [-0.2, 0) is 0 Å². The van der Waals surface area contributed by atoms with Crippen LogP contribution in [0.3, 0.4) is 0 Å². The number of hydrogen-bond donors (Lipinski definition) is 2. The van der Waals surface area contributed by atoms with E-state index in [2.05, 4.69) is 21.2 Å². The van der Waals surface area contributed by atoms with E-state index in [9.17, 15) is 9.18 Å². The van der Waals surface area contributed by atoms with Gasteiger partial charge in [-0.1, -0.05) is 15.9 Å². The maximum absolute atomic E-state index is 13.3. The number of nitrogens with two attached hydrogens (primary N) is 1. The summed E-state index contributed by atoms with van der Waals surface area (Å²) in [6, 6.07) is 8.83. The number of nitrogens with one attached hydrogen (secondary N) is 1. The summed E-state index contributed by atoms with van der Waals surface area (Å²) < 4.78 is 18.9. The fourth-order valence-corrected chi connectivity index (χ4v) is 2.17. The molecular weight excluding hydrogens is 327 g/mol. The van der Waals surface area contributed by atoms with E-state index in [1.165, 1.54) is 19.2 Å². The van der Waals surface area contributed by atoms with Crippen molar-refractivity contribution in [2.45, 2.75) is 0 Å². The van der Waals surface area contributed by atoms with Crippen molar-refractivity contribution in [1.29, 1.82) is 0 Å². The summed E-state index contributed by atoms with van der Waals surface area (Å²) in [5.41, 5.74) is 6.78. The van der Waals surface area contributed by atoms with Crippen LogP contribution in [0.15, 0.2) is 40.9 Å². The van der Waals surface area contributed by atoms with Crippen molar-refractivity contribution in [1.82, 2.24) is 0 Å². The number of rotatable bonds is 3. The lowest BCUT2D eigenvalue weighted by atomic mass is 10.2. The Balaban J connectivity index is 2.29. The molecule has 3 N–H and O–H groups in total. The second kappa shape index (κ2) is 5.92. The SMILES string of the molecule is COc1ccc(N)cc1NC(=O)c1cc(F)cc(Br)c1. The molecule has 0 radical (unpaired) electrons. The Morgan fingerprint density at radius 3 is 2.70 bits per heavy atom. The number of benzene rings is 2. The van der Waals surface area contributed by atoms with Gasteiger partial charge >= 0.3 is 0 Å². The lowest BCUT2D eigenvalue weighted by molar-refractivity contribution is 0.102. The Morgan fingerprint density at radius 1 is 1.30 bits per heavy atom. The number of hydrogen-bond acceptors (Lipinski definition) is 3. The molecule has 0 saturated heterocycles. The molecule has 0 atom stereocenters. The third kappa shape index (κ3) is 3.27. The smallest absolute Gasteiger partial charge is 0.255 e. The Bertz CT molecular complexity index is 641. The fourth-order valence-electron chi connectivity index (χ4n) is 1.70. The molecule has 0 aliphatic heterocycles. The largest absolute Gasteiger partial charge is 0.495 e. The molecule has 0 spiro atoms. The van der Waals surface area contributed by atoms with Gasteiger partial charge in [0.05, 0.1) is 12.8 Å². The summed E-state index contributed by atoms with van der Waals surface area (Å²) >= 11 is 3.14. The number of halogens is 2. The van der Waals surface area contributed by atoms with Crippen molar-refractivity contribution >= 4 is 33.2 Å². The van der Waals surface area contributed by atoms with E-state index >= 15 is 0 Å². The third-order valence-corrected chi connectivity index (χ3v) is 3.05. The Labute approximate surface area is 123 Å². The molecule has 0 aliphatic carbocycles. The van der Waals surface area contributed by atoms with Crippen LogP contribution in [0.2, 0.25) is 0 Å². The molecule has 4 nitrogen and oxygen atoms in total. The van der Waals surface area contributed by atoms with E-state index in [1.807, 2.05) is 0 Å². The number of carbonyl (C=O) groups excluding carboxylic acids is 1. The summed E-state index contributed by atoms with van der Waals surface area (Å²) in [5.74, 6) is -0.471. The Morgan fingerprint density at radius 2 is 2.05 bits per heavy atom. The highest BCUT2D eigenvalue weighted by Gasteiger charge is 2.12. The van der Waals surface area contributed by atoms with Crippen LogP contribution < -0.4 is 15.8 Å². The second-order valence-corrected chi connectivity index (χ2v) is 4.99. The number of nitrogen functional groups attached to an aromatic ring is 1. The topological polar surface area (TPSA) is 64.3 Å². The Kier molecular flexibility index (Phi) is 4.24. The predicted octanol–water partition coefficient (Wildman–Crippen LogP) is 3.43. The summed E-state index contributed by atoms with van der Waals surface area (Å²) in [7, 11) is 1.49. The molecule has 20 heavy (non-hydrogen) atoms. The molecule has 2 aromatic carbocycles. The minimum absolute atomic E-state index is 0.196. The average molecular weight is 339 g/mol. The van der Waals surface area contributed by atoms with Crippen molar-refractivity contribution < 1.29 is 13.9 Å². The summed E-state index contributed by atoms with van der Waals surface area (Å²) in [4.78, 5) is 12.1. The van der Waals surface area contributed by atoms with Crippen LogP contribution in [0, 0.1) is 5.82 Å². The Hall–Kier alpha value is -2.08. The van der Waals surface area contributed by atoms with E-state index in [4.69, 9.17) is 10.5 Å². The van der Waals surface area contributed by atoms with Crippen LogP contribution >= 0.6 is 15.9 Å². The molecule has 2 rings (SSSR count). The zero-order valence-electron chi connectivity index (χ0n) is 10.6. The fraction of sp³-hybridized carbons (Fsp3) is 0.0714. The number of ether oxygens (including phenoxy) is 1. The molecule has 0 aromatic heterocycles. The molecule has 2 aromatic rings. The standard InChI is InChI=1S/C14H12BrFN2O2/c1-20-13-3-2-11(17)7-12(13)18-14(19)8-4-9(15)6-10(16)5-8/h2-7H,17H2,1H3,(H,18,19). The first-order valence-corrected chi connectivity index (χ1v) is 6.50. The lowest BCUT2D eigenvalue weighted by Crippen LogP contribution is -2.13. The molecule has 1 amide bonds. The summed E-state index contributed by atoms with van der Waals surface area (Å²) in [6.07, 6.45) is 0.